The molecule has 0 saturated carbocycles. The molecule has 0 aliphatic heterocycles. The number of aliphatic hydroxyl groups is 1. The van der Waals surface area contributed by atoms with Crippen molar-refractivity contribution in [3.8, 4) is 0 Å². The zero-order valence-electron chi connectivity index (χ0n) is 7.40. The second kappa shape index (κ2) is 5.62. The zero-order chi connectivity index (χ0) is 9.68. The van der Waals surface area contributed by atoms with E-state index in [1.807, 2.05) is 18.2 Å². The van der Waals surface area contributed by atoms with Gasteiger partial charge in [0.2, 0.25) is 0 Å². The fourth-order valence-electron chi connectivity index (χ4n) is 0.902. The van der Waals surface area contributed by atoms with E-state index >= 15 is 0 Å². The van der Waals surface area contributed by atoms with Gasteiger partial charge in [-0.05, 0) is 34.5 Å². The first-order chi connectivity index (χ1) is 6.22. The molecule has 0 amide bonds. The van der Waals surface area contributed by atoms with Crippen LogP contribution in [-0.4, -0.2) is 21.9 Å². The van der Waals surface area contributed by atoms with Gasteiger partial charge in [-0.25, -0.2) is 4.98 Å². The van der Waals surface area contributed by atoms with E-state index in [2.05, 4.69) is 27.8 Å². The summed E-state index contributed by atoms with van der Waals surface area (Å²) in [5.41, 5.74) is 0. The molecule has 1 N–H and O–H groups in total. The molecule has 0 spiro atoms. The molecule has 0 saturated heterocycles. The summed E-state index contributed by atoms with van der Waals surface area (Å²) >= 11 is 5.00. The average Bonchev–Trinajstić information content (AvgIpc) is 2.04. The lowest BCUT2D eigenvalue weighted by Crippen LogP contribution is -1.99. The summed E-state index contributed by atoms with van der Waals surface area (Å²) in [4.78, 5) is 4.29. The van der Waals surface area contributed by atoms with E-state index in [-0.39, 0.29) is 6.61 Å². The van der Waals surface area contributed by atoms with Crippen molar-refractivity contribution in [2.45, 2.75) is 23.6 Å². The first-order valence-corrected chi connectivity index (χ1v) is 5.79. The summed E-state index contributed by atoms with van der Waals surface area (Å²) < 4.78 is 0.855. The van der Waals surface area contributed by atoms with Gasteiger partial charge in [-0.15, -0.1) is 11.8 Å². The second-order valence-corrected chi connectivity index (χ2v) is 5.01. The van der Waals surface area contributed by atoms with E-state index in [0.717, 1.165) is 16.0 Å². The molecule has 13 heavy (non-hydrogen) atoms. The average molecular weight is 262 g/mol. The van der Waals surface area contributed by atoms with Crippen LogP contribution in [0, 0.1) is 0 Å². The fourth-order valence-corrected chi connectivity index (χ4v) is 2.31. The van der Waals surface area contributed by atoms with E-state index in [1.54, 1.807) is 11.8 Å². The number of hydrogen-bond acceptors (Lipinski definition) is 3. The first kappa shape index (κ1) is 11.0. The molecule has 4 heteroatoms. The smallest absolute Gasteiger partial charge is 0.107 e. The monoisotopic (exact) mass is 261 g/mol. The number of rotatable bonds is 4. The van der Waals surface area contributed by atoms with Crippen LogP contribution in [0.15, 0.2) is 27.8 Å². The van der Waals surface area contributed by atoms with Gasteiger partial charge in [-0.2, -0.15) is 0 Å². The Balaban J connectivity index is 2.53. The maximum atomic E-state index is 8.73. The lowest BCUT2D eigenvalue weighted by Gasteiger charge is -2.07. The molecule has 1 heterocycles. The van der Waals surface area contributed by atoms with Crippen LogP contribution in [0.4, 0.5) is 0 Å². The summed E-state index contributed by atoms with van der Waals surface area (Å²) in [5, 5.41) is 10.1. The van der Waals surface area contributed by atoms with Crippen molar-refractivity contribution >= 4 is 27.7 Å². The highest BCUT2D eigenvalue weighted by Crippen LogP contribution is 2.24. The molecule has 1 unspecified atom stereocenters. The predicted molar refractivity (Wildman–Crippen MR) is 59.0 cm³/mol. The van der Waals surface area contributed by atoms with Crippen LogP contribution in [0.2, 0.25) is 0 Å². The van der Waals surface area contributed by atoms with Crippen LogP contribution in [0.5, 0.6) is 0 Å². The van der Waals surface area contributed by atoms with Gasteiger partial charge in [0.25, 0.3) is 0 Å². The van der Waals surface area contributed by atoms with Gasteiger partial charge in [0, 0.05) is 11.9 Å². The van der Waals surface area contributed by atoms with Crippen molar-refractivity contribution in [1.29, 1.82) is 0 Å². The molecule has 1 aromatic heterocycles. The van der Waals surface area contributed by atoms with Gasteiger partial charge in [-0.1, -0.05) is 13.0 Å². The van der Waals surface area contributed by atoms with Crippen LogP contribution in [0.25, 0.3) is 0 Å². The van der Waals surface area contributed by atoms with E-state index in [4.69, 9.17) is 5.11 Å². The van der Waals surface area contributed by atoms with Crippen molar-refractivity contribution in [2.24, 2.45) is 0 Å². The maximum Gasteiger partial charge on any atom is 0.107 e. The van der Waals surface area contributed by atoms with Gasteiger partial charge in [-0.3, -0.25) is 0 Å². The van der Waals surface area contributed by atoms with E-state index in [9.17, 15) is 0 Å². The SMILES string of the molecule is CC(CCO)Sc1cccc(Br)n1. The highest BCUT2D eigenvalue weighted by Gasteiger charge is 2.04. The van der Waals surface area contributed by atoms with Gasteiger partial charge in [0.1, 0.15) is 4.60 Å². The summed E-state index contributed by atoms with van der Waals surface area (Å²) in [7, 11) is 0. The molecule has 0 bridgehead atoms. The molecule has 0 aromatic carbocycles. The Morgan fingerprint density at radius 1 is 1.62 bits per heavy atom. The first-order valence-electron chi connectivity index (χ1n) is 4.12. The minimum absolute atomic E-state index is 0.238. The Hall–Kier alpha value is -0.0600. The molecule has 0 fully saturated rings. The van der Waals surface area contributed by atoms with Crippen molar-refractivity contribution in [2.75, 3.05) is 6.61 Å². The minimum Gasteiger partial charge on any atom is -0.396 e. The lowest BCUT2D eigenvalue weighted by atomic mass is 10.3. The van der Waals surface area contributed by atoms with Crippen molar-refractivity contribution in [3.05, 3.63) is 22.8 Å². The van der Waals surface area contributed by atoms with Gasteiger partial charge >= 0.3 is 0 Å². The number of pyridine rings is 1. The Labute approximate surface area is 90.9 Å². The molecule has 0 aliphatic rings. The molecule has 72 valence electrons. The Kier molecular flexibility index (Phi) is 4.77. The van der Waals surface area contributed by atoms with Gasteiger partial charge in [0.05, 0.1) is 5.03 Å². The maximum absolute atomic E-state index is 8.73. The third kappa shape index (κ3) is 4.11. The van der Waals surface area contributed by atoms with Crippen molar-refractivity contribution < 1.29 is 5.11 Å². The fraction of sp³-hybridized carbons (Fsp3) is 0.444. The molecule has 2 nitrogen and oxygen atoms in total. The van der Waals surface area contributed by atoms with E-state index < -0.39 is 0 Å². The topological polar surface area (TPSA) is 33.1 Å². The van der Waals surface area contributed by atoms with Gasteiger partial charge in [0.15, 0.2) is 0 Å². The van der Waals surface area contributed by atoms with Crippen LogP contribution in [0.1, 0.15) is 13.3 Å². The quantitative estimate of drug-likeness (QED) is 0.669. The highest BCUT2D eigenvalue weighted by molar-refractivity contribution is 9.10. The molecule has 0 radical (unpaired) electrons. The third-order valence-electron chi connectivity index (χ3n) is 1.55. The lowest BCUT2D eigenvalue weighted by molar-refractivity contribution is 0.289. The Morgan fingerprint density at radius 3 is 3.00 bits per heavy atom. The Morgan fingerprint density at radius 2 is 2.38 bits per heavy atom. The Bertz CT molecular complexity index is 270. The zero-order valence-corrected chi connectivity index (χ0v) is 9.81. The molecule has 1 rings (SSSR count). The second-order valence-electron chi connectivity index (χ2n) is 2.74. The molecule has 1 aromatic rings. The third-order valence-corrected chi connectivity index (χ3v) is 3.10. The van der Waals surface area contributed by atoms with Crippen LogP contribution in [-0.2, 0) is 0 Å². The van der Waals surface area contributed by atoms with Crippen LogP contribution < -0.4 is 0 Å². The largest absolute Gasteiger partial charge is 0.396 e. The summed E-state index contributed by atoms with van der Waals surface area (Å²) in [6, 6.07) is 5.84. The van der Waals surface area contributed by atoms with E-state index in [1.165, 1.54) is 0 Å². The number of nitrogens with zero attached hydrogens (tertiary/aromatic N) is 1. The predicted octanol–water partition coefficient (Wildman–Crippen LogP) is 2.71. The van der Waals surface area contributed by atoms with Crippen LogP contribution >= 0.6 is 27.7 Å². The summed E-state index contributed by atoms with van der Waals surface area (Å²) in [5.74, 6) is 0. The van der Waals surface area contributed by atoms with Gasteiger partial charge < -0.3 is 5.11 Å². The highest BCUT2D eigenvalue weighted by atomic mass is 79.9. The molecular weight excluding hydrogens is 250 g/mol. The van der Waals surface area contributed by atoms with E-state index in [0.29, 0.717) is 5.25 Å². The molecule has 0 aliphatic carbocycles. The normalized spacial score (nSPS) is 12.8. The summed E-state index contributed by atoms with van der Waals surface area (Å²) in [6.45, 7) is 2.33. The van der Waals surface area contributed by atoms with Crippen LogP contribution in [0.3, 0.4) is 0 Å². The number of halogens is 1. The number of hydrogen-bond donors (Lipinski definition) is 1. The molecule has 1 atom stereocenters. The number of aromatic nitrogens is 1. The molecular formula is C9H12BrNOS. The minimum atomic E-state index is 0.238. The van der Waals surface area contributed by atoms with Crippen molar-refractivity contribution in [1.82, 2.24) is 4.98 Å². The summed E-state index contributed by atoms with van der Waals surface area (Å²) in [6.07, 6.45) is 0.804. The van der Waals surface area contributed by atoms with Crippen molar-refractivity contribution in [3.63, 3.8) is 0 Å². The number of aliphatic hydroxyl groups excluding tert-OH is 1. The number of thioether (sulfide) groups is 1. The standard InChI is InChI=1S/C9H12BrNOS/c1-7(5-6-12)13-9-4-2-3-8(10)11-9/h2-4,7,12H,5-6H2,1H3.